The third-order valence-electron chi connectivity index (χ3n) is 9.56. The number of hydrogen-bond acceptors (Lipinski definition) is 1. The molecule has 0 aliphatic heterocycles. The van der Waals surface area contributed by atoms with Crippen LogP contribution in [0.1, 0.15) is 5.56 Å². The van der Waals surface area contributed by atoms with Crippen LogP contribution in [0.5, 0.6) is 0 Å². The summed E-state index contributed by atoms with van der Waals surface area (Å²) in [6.45, 7) is 16.4. The largest absolute Gasteiger partial charge is 0.318 e. The first kappa shape index (κ1) is 28.8. The lowest BCUT2D eigenvalue weighted by Gasteiger charge is -2.19. The van der Waals surface area contributed by atoms with Gasteiger partial charge in [0.25, 0.3) is 0 Å². The lowest BCUT2D eigenvalue weighted by Crippen LogP contribution is -1.99. The fourth-order valence-corrected chi connectivity index (χ4v) is 7.47. The van der Waals surface area contributed by atoms with Gasteiger partial charge in [0.2, 0.25) is 5.69 Å². The van der Waals surface area contributed by atoms with Crippen molar-refractivity contribution in [2.75, 3.05) is 0 Å². The zero-order chi connectivity index (χ0) is 33.8. The molecule has 0 amide bonds. The fourth-order valence-electron chi connectivity index (χ4n) is 7.47. The standard InChI is InChI=1S/C45H25N5/c1-47-31-25-30(26-32(27-31)49-41-19-8-5-14-35(41)36-15-6-9-20-42(36)49)33-12-3-4-13-34(33)38-17-11-18-40(48-2)45(38)50-43-21-10-7-16-37(43)39-24-29(28-46)22-23-44(39)50/h3-27H. The average Bonchev–Trinajstić information content (AvgIpc) is 3.69. The Morgan fingerprint density at radius 3 is 1.72 bits per heavy atom. The summed E-state index contributed by atoms with van der Waals surface area (Å²) in [7, 11) is 0. The molecule has 0 bridgehead atoms. The van der Waals surface area contributed by atoms with Crippen LogP contribution in [0.2, 0.25) is 0 Å². The second-order valence-corrected chi connectivity index (χ2v) is 12.2. The first-order chi connectivity index (χ1) is 24.7. The second-order valence-electron chi connectivity index (χ2n) is 12.2. The lowest BCUT2D eigenvalue weighted by molar-refractivity contribution is 1.18. The molecule has 9 rings (SSSR count). The Bertz CT molecular complexity index is 2920. The molecule has 2 aromatic heterocycles. The van der Waals surface area contributed by atoms with Crippen LogP contribution < -0.4 is 0 Å². The molecule has 5 heteroatoms. The predicted molar refractivity (Wildman–Crippen MR) is 203 cm³/mol. The highest BCUT2D eigenvalue weighted by atomic mass is 15.0. The summed E-state index contributed by atoms with van der Waals surface area (Å²) in [6, 6.07) is 53.1. The molecular weight excluding hydrogens is 611 g/mol. The molecule has 0 spiro atoms. The monoisotopic (exact) mass is 635 g/mol. The van der Waals surface area contributed by atoms with E-state index in [2.05, 4.69) is 97.7 Å². The van der Waals surface area contributed by atoms with Gasteiger partial charge in [-0.1, -0.05) is 97.1 Å². The van der Waals surface area contributed by atoms with Crippen molar-refractivity contribution in [1.82, 2.24) is 9.13 Å². The summed E-state index contributed by atoms with van der Waals surface area (Å²) in [5.74, 6) is 0. The third-order valence-corrected chi connectivity index (χ3v) is 9.56. The van der Waals surface area contributed by atoms with Gasteiger partial charge in [0.15, 0.2) is 5.69 Å². The molecule has 5 nitrogen and oxygen atoms in total. The predicted octanol–water partition coefficient (Wildman–Crippen LogP) is 12.2. The molecular formula is C45H25N5. The van der Waals surface area contributed by atoms with Crippen molar-refractivity contribution in [3.63, 3.8) is 0 Å². The fraction of sp³-hybridized carbons (Fsp3) is 0. The van der Waals surface area contributed by atoms with Crippen molar-refractivity contribution in [3.8, 4) is 39.7 Å². The van der Waals surface area contributed by atoms with E-state index in [1.165, 1.54) is 0 Å². The van der Waals surface area contributed by atoms with E-state index in [-0.39, 0.29) is 0 Å². The molecule has 9 aromatic rings. The molecule has 0 aliphatic rings. The van der Waals surface area contributed by atoms with Gasteiger partial charge in [-0.3, -0.25) is 0 Å². The Kier molecular flexibility index (Phi) is 6.56. The van der Waals surface area contributed by atoms with Crippen LogP contribution in [0.3, 0.4) is 0 Å². The number of aromatic nitrogens is 2. The minimum Gasteiger partial charge on any atom is -0.318 e. The molecule has 0 atom stereocenters. The maximum Gasteiger partial charge on any atom is 0.211 e. The Labute approximate surface area is 288 Å². The molecule has 0 radical (unpaired) electrons. The summed E-state index contributed by atoms with van der Waals surface area (Å²) >= 11 is 0. The summed E-state index contributed by atoms with van der Waals surface area (Å²) in [6.07, 6.45) is 0. The molecule has 0 saturated heterocycles. The van der Waals surface area contributed by atoms with Crippen molar-refractivity contribution in [2.24, 2.45) is 0 Å². The van der Waals surface area contributed by atoms with Crippen molar-refractivity contribution < 1.29 is 0 Å². The Morgan fingerprint density at radius 1 is 0.480 bits per heavy atom. The van der Waals surface area contributed by atoms with E-state index in [1.807, 2.05) is 78.9 Å². The number of fused-ring (bicyclic) bond motifs is 6. The third kappa shape index (κ3) is 4.31. The van der Waals surface area contributed by atoms with E-state index in [0.29, 0.717) is 16.9 Å². The number of hydrogen-bond donors (Lipinski definition) is 0. The van der Waals surface area contributed by atoms with E-state index >= 15 is 0 Å². The molecule has 7 aromatic carbocycles. The van der Waals surface area contributed by atoms with Crippen LogP contribution >= 0.6 is 0 Å². The van der Waals surface area contributed by atoms with Gasteiger partial charge in [0.1, 0.15) is 0 Å². The van der Waals surface area contributed by atoms with Crippen molar-refractivity contribution in [1.29, 1.82) is 5.26 Å². The topological polar surface area (TPSA) is 42.4 Å². The zero-order valence-electron chi connectivity index (χ0n) is 26.7. The first-order valence-corrected chi connectivity index (χ1v) is 16.2. The molecule has 0 fully saturated rings. The number of nitrogens with zero attached hydrogens (tertiary/aromatic N) is 5. The highest BCUT2D eigenvalue weighted by molar-refractivity contribution is 6.11. The molecule has 0 N–H and O–H groups in total. The molecule has 230 valence electrons. The molecule has 0 aliphatic carbocycles. The van der Waals surface area contributed by atoms with Crippen molar-refractivity contribution >= 4 is 55.0 Å². The van der Waals surface area contributed by atoms with Gasteiger partial charge in [-0.15, -0.1) is 0 Å². The van der Waals surface area contributed by atoms with Crippen LogP contribution in [0, 0.1) is 24.5 Å². The van der Waals surface area contributed by atoms with E-state index < -0.39 is 0 Å². The van der Waals surface area contributed by atoms with Gasteiger partial charge < -0.3 is 9.13 Å². The quantitative estimate of drug-likeness (QED) is 0.177. The summed E-state index contributed by atoms with van der Waals surface area (Å²) in [4.78, 5) is 7.96. The Hall–Kier alpha value is -7.39. The number of benzene rings is 7. The Morgan fingerprint density at radius 2 is 1.06 bits per heavy atom. The van der Waals surface area contributed by atoms with E-state index in [1.54, 1.807) is 0 Å². The highest BCUT2D eigenvalue weighted by Crippen LogP contribution is 2.44. The van der Waals surface area contributed by atoms with Crippen molar-refractivity contribution in [2.45, 2.75) is 0 Å². The number of rotatable bonds is 4. The lowest BCUT2D eigenvalue weighted by atomic mass is 9.92. The summed E-state index contributed by atoms with van der Waals surface area (Å²) in [5, 5.41) is 14.0. The second kappa shape index (κ2) is 11.4. The zero-order valence-corrected chi connectivity index (χ0v) is 26.7. The van der Waals surface area contributed by atoms with Gasteiger partial charge in [-0.25, -0.2) is 9.69 Å². The van der Waals surface area contributed by atoms with Gasteiger partial charge in [0, 0.05) is 27.2 Å². The summed E-state index contributed by atoms with van der Waals surface area (Å²) < 4.78 is 4.40. The van der Waals surface area contributed by atoms with Crippen LogP contribution in [0.4, 0.5) is 11.4 Å². The molecule has 2 heterocycles. The minimum atomic E-state index is 0.519. The van der Waals surface area contributed by atoms with Crippen LogP contribution in [0.25, 0.3) is 86.9 Å². The Balaban J connectivity index is 1.32. The van der Waals surface area contributed by atoms with Crippen LogP contribution in [-0.2, 0) is 0 Å². The average molecular weight is 636 g/mol. The van der Waals surface area contributed by atoms with Crippen LogP contribution in [0.15, 0.2) is 152 Å². The van der Waals surface area contributed by atoms with E-state index in [0.717, 1.165) is 77.2 Å². The molecule has 50 heavy (non-hydrogen) atoms. The van der Waals surface area contributed by atoms with Gasteiger partial charge in [0.05, 0.1) is 52.5 Å². The normalized spacial score (nSPS) is 11.1. The van der Waals surface area contributed by atoms with Gasteiger partial charge >= 0.3 is 0 Å². The van der Waals surface area contributed by atoms with Gasteiger partial charge in [-0.2, -0.15) is 5.26 Å². The maximum absolute atomic E-state index is 9.71. The maximum atomic E-state index is 9.71. The van der Waals surface area contributed by atoms with Gasteiger partial charge in [-0.05, 0) is 76.9 Å². The molecule has 0 unspecified atom stereocenters. The first-order valence-electron chi connectivity index (χ1n) is 16.2. The number of para-hydroxylation sites is 4. The summed E-state index contributed by atoms with van der Waals surface area (Å²) in [5.41, 5.74) is 11.1. The van der Waals surface area contributed by atoms with E-state index in [9.17, 15) is 5.26 Å². The van der Waals surface area contributed by atoms with Crippen molar-refractivity contribution in [3.05, 3.63) is 180 Å². The number of nitriles is 1. The van der Waals surface area contributed by atoms with E-state index in [4.69, 9.17) is 13.1 Å². The smallest absolute Gasteiger partial charge is 0.211 e. The highest BCUT2D eigenvalue weighted by Gasteiger charge is 2.21. The van der Waals surface area contributed by atoms with Crippen LogP contribution in [-0.4, -0.2) is 9.13 Å². The molecule has 0 saturated carbocycles. The minimum absolute atomic E-state index is 0.519. The SMILES string of the molecule is [C-]#[N+]c1cc(-c2ccccc2-c2cccc([N+]#[C-])c2-n2c3ccccc3c3cc(C#N)ccc32)cc(-n2c3ccccc3c3ccccc32)c1.